The van der Waals surface area contributed by atoms with Gasteiger partial charge in [-0.05, 0) is 48.5 Å². The van der Waals surface area contributed by atoms with Crippen LogP contribution in [0.2, 0.25) is 0 Å². The van der Waals surface area contributed by atoms with Gasteiger partial charge in [-0.25, -0.2) is 4.79 Å². The zero-order chi connectivity index (χ0) is 16.1. The van der Waals surface area contributed by atoms with Crippen LogP contribution in [0.3, 0.4) is 0 Å². The quantitative estimate of drug-likeness (QED) is 0.793. The zero-order valence-electron chi connectivity index (χ0n) is 13.7. The van der Waals surface area contributed by atoms with E-state index in [0.29, 0.717) is 11.7 Å². The average molecular weight is 297 g/mol. The summed E-state index contributed by atoms with van der Waals surface area (Å²) < 4.78 is 16.5. The van der Waals surface area contributed by atoms with Crippen LogP contribution < -0.4 is 0 Å². The first-order valence-corrected chi connectivity index (χ1v) is 6.94. The largest absolute Gasteiger partial charge is 0.444 e. The van der Waals surface area contributed by atoms with Crippen molar-refractivity contribution in [3.63, 3.8) is 0 Å². The molecule has 0 aromatic carbocycles. The Labute approximate surface area is 124 Å². The van der Waals surface area contributed by atoms with E-state index in [1.807, 2.05) is 41.5 Å². The van der Waals surface area contributed by atoms with Crippen molar-refractivity contribution in [3.8, 4) is 0 Å². The highest BCUT2D eigenvalue weighted by atomic mass is 16.6. The molecule has 1 aliphatic rings. The van der Waals surface area contributed by atoms with E-state index in [9.17, 15) is 4.79 Å². The van der Waals surface area contributed by atoms with Crippen LogP contribution in [0.5, 0.6) is 0 Å². The van der Waals surface area contributed by atoms with E-state index in [0.717, 1.165) is 0 Å². The first kappa shape index (κ1) is 15.8. The summed E-state index contributed by atoms with van der Waals surface area (Å²) in [5.74, 6) is 0.858. The number of ether oxygens (including phenoxy) is 2. The summed E-state index contributed by atoms with van der Waals surface area (Å²) in [5.41, 5.74) is -2.27. The van der Waals surface area contributed by atoms with Crippen molar-refractivity contribution in [1.29, 1.82) is 0 Å². The Morgan fingerprint density at radius 1 is 1.33 bits per heavy atom. The maximum atomic E-state index is 12.6. The predicted octanol–water partition coefficient (Wildman–Crippen LogP) is 2.60. The van der Waals surface area contributed by atoms with Crippen molar-refractivity contribution in [2.45, 2.75) is 65.3 Å². The molecule has 0 aliphatic carbocycles. The topological polar surface area (TPSA) is 77.7 Å². The van der Waals surface area contributed by atoms with Crippen LogP contribution in [0, 0.1) is 6.92 Å². The maximum Gasteiger partial charge on any atom is 0.413 e. The van der Waals surface area contributed by atoms with Gasteiger partial charge in [0.25, 0.3) is 5.89 Å². The predicted molar refractivity (Wildman–Crippen MR) is 74.5 cm³/mol. The molecule has 2 rings (SSSR count). The first-order valence-electron chi connectivity index (χ1n) is 6.94. The van der Waals surface area contributed by atoms with E-state index in [4.69, 9.17) is 14.0 Å². The molecule has 7 nitrogen and oxygen atoms in total. The molecule has 1 amide bonds. The van der Waals surface area contributed by atoms with Gasteiger partial charge in [-0.1, -0.05) is 5.16 Å². The lowest BCUT2D eigenvalue weighted by Crippen LogP contribution is -2.54. The van der Waals surface area contributed by atoms with Crippen LogP contribution in [0.15, 0.2) is 4.52 Å². The van der Waals surface area contributed by atoms with Gasteiger partial charge in [-0.3, -0.25) is 4.90 Å². The van der Waals surface area contributed by atoms with Crippen LogP contribution in [0.25, 0.3) is 0 Å². The maximum absolute atomic E-state index is 12.6. The van der Waals surface area contributed by atoms with Crippen molar-refractivity contribution < 1.29 is 18.8 Å². The van der Waals surface area contributed by atoms with Gasteiger partial charge in [0, 0.05) is 0 Å². The highest BCUT2D eigenvalue weighted by Gasteiger charge is 2.56. The SMILES string of the molecule is Cc1noc(C2(C)COC(C)(C)N2C(=O)OC(C)(C)C)n1. The molecule has 1 aromatic rings. The molecule has 1 fully saturated rings. The van der Waals surface area contributed by atoms with Crippen molar-refractivity contribution in [2.24, 2.45) is 0 Å². The Morgan fingerprint density at radius 3 is 2.43 bits per heavy atom. The van der Waals surface area contributed by atoms with Crippen molar-refractivity contribution >= 4 is 6.09 Å². The Kier molecular flexibility index (Phi) is 3.52. The standard InChI is InChI=1S/C14H23N3O4/c1-9-15-10(21-16-9)14(7)8-19-13(5,6)17(14)11(18)20-12(2,3)4/h8H2,1-7H3. The molecular formula is C14H23N3O4. The monoisotopic (exact) mass is 297 g/mol. The number of hydrogen-bond acceptors (Lipinski definition) is 6. The second kappa shape index (κ2) is 4.69. The van der Waals surface area contributed by atoms with Crippen LogP contribution in [0.1, 0.15) is 53.3 Å². The highest BCUT2D eigenvalue weighted by Crippen LogP contribution is 2.42. The Morgan fingerprint density at radius 2 is 1.95 bits per heavy atom. The fourth-order valence-corrected chi connectivity index (χ4v) is 2.44. The van der Waals surface area contributed by atoms with Crippen LogP contribution in [-0.2, 0) is 15.0 Å². The van der Waals surface area contributed by atoms with Gasteiger partial charge in [-0.2, -0.15) is 4.98 Å². The summed E-state index contributed by atoms with van der Waals surface area (Å²) in [6, 6.07) is 0. The third kappa shape index (κ3) is 2.88. The van der Waals surface area contributed by atoms with E-state index in [2.05, 4.69) is 10.1 Å². The number of hydrogen-bond donors (Lipinski definition) is 0. The lowest BCUT2D eigenvalue weighted by molar-refractivity contribution is -0.0705. The van der Waals surface area contributed by atoms with Crippen molar-refractivity contribution in [2.75, 3.05) is 6.61 Å². The molecule has 0 N–H and O–H groups in total. The summed E-state index contributed by atoms with van der Waals surface area (Å²) in [6.07, 6.45) is -0.469. The van der Waals surface area contributed by atoms with Crippen LogP contribution in [0.4, 0.5) is 4.79 Å². The fraction of sp³-hybridized carbons (Fsp3) is 0.786. The van der Waals surface area contributed by atoms with E-state index >= 15 is 0 Å². The summed E-state index contributed by atoms with van der Waals surface area (Å²) in [5, 5.41) is 3.80. The van der Waals surface area contributed by atoms with Crippen LogP contribution in [-0.4, -0.2) is 39.1 Å². The zero-order valence-corrected chi connectivity index (χ0v) is 13.7. The molecule has 0 spiro atoms. The number of amides is 1. The Hall–Kier alpha value is -1.63. The molecule has 2 heterocycles. The van der Waals surface area contributed by atoms with E-state index < -0.39 is 23.0 Å². The number of aryl methyl sites for hydroxylation is 1. The number of carbonyl (C=O) groups is 1. The van der Waals surface area contributed by atoms with E-state index in [1.165, 1.54) is 4.90 Å². The molecule has 7 heteroatoms. The van der Waals surface area contributed by atoms with E-state index in [-0.39, 0.29) is 6.61 Å². The van der Waals surface area contributed by atoms with Gasteiger partial charge in [0.15, 0.2) is 5.82 Å². The molecule has 0 saturated carbocycles. The second-order valence-electron chi connectivity index (χ2n) is 6.97. The smallest absolute Gasteiger partial charge is 0.413 e. The molecule has 1 saturated heterocycles. The normalized spacial score (nSPS) is 25.2. The molecule has 1 aromatic heterocycles. The molecule has 118 valence electrons. The summed E-state index contributed by atoms with van der Waals surface area (Å²) in [7, 11) is 0. The molecule has 0 bridgehead atoms. The average Bonchev–Trinajstić information content (AvgIpc) is 2.80. The minimum absolute atomic E-state index is 0.265. The molecule has 1 atom stereocenters. The lowest BCUT2D eigenvalue weighted by Gasteiger charge is -2.38. The molecule has 21 heavy (non-hydrogen) atoms. The van der Waals surface area contributed by atoms with Gasteiger partial charge < -0.3 is 14.0 Å². The van der Waals surface area contributed by atoms with Gasteiger partial charge in [0.1, 0.15) is 16.9 Å². The summed E-state index contributed by atoms with van der Waals surface area (Å²) in [6.45, 7) is 12.9. The lowest BCUT2D eigenvalue weighted by atomic mass is 10.0. The molecule has 0 radical (unpaired) electrons. The molecular weight excluding hydrogens is 274 g/mol. The Balaban J connectivity index is 2.39. The van der Waals surface area contributed by atoms with Crippen molar-refractivity contribution in [1.82, 2.24) is 15.0 Å². The second-order valence-corrected chi connectivity index (χ2v) is 6.97. The minimum atomic E-state index is -0.854. The number of rotatable bonds is 1. The number of nitrogens with zero attached hydrogens (tertiary/aromatic N) is 3. The third-order valence-corrected chi connectivity index (χ3v) is 3.30. The number of aromatic nitrogens is 2. The molecule has 1 unspecified atom stereocenters. The van der Waals surface area contributed by atoms with Gasteiger partial charge in [0.05, 0.1) is 6.61 Å². The molecule has 1 aliphatic heterocycles. The Bertz CT molecular complexity index is 547. The van der Waals surface area contributed by atoms with Gasteiger partial charge in [-0.15, -0.1) is 0 Å². The van der Waals surface area contributed by atoms with E-state index in [1.54, 1.807) is 6.92 Å². The number of carbonyl (C=O) groups excluding carboxylic acids is 1. The summed E-state index contributed by atoms with van der Waals surface area (Å²) in [4.78, 5) is 18.4. The van der Waals surface area contributed by atoms with Crippen LogP contribution >= 0.6 is 0 Å². The first-order chi connectivity index (χ1) is 9.46. The third-order valence-electron chi connectivity index (χ3n) is 3.30. The summed E-state index contributed by atoms with van der Waals surface area (Å²) >= 11 is 0. The fourth-order valence-electron chi connectivity index (χ4n) is 2.44. The highest BCUT2D eigenvalue weighted by molar-refractivity contribution is 5.70. The van der Waals surface area contributed by atoms with Gasteiger partial charge in [0.2, 0.25) is 0 Å². The van der Waals surface area contributed by atoms with Crippen molar-refractivity contribution in [3.05, 3.63) is 11.7 Å². The van der Waals surface area contributed by atoms with Gasteiger partial charge >= 0.3 is 6.09 Å². The minimum Gasteiger partial charge on any atom is -0.444 e.